The molecule has 0 aliphatic heterocycles. The Balaban J connectivity index is 2.49. The second kappa shape index (κ2) is 7.79. The molecule has 0 bridgehead atoms. The molecule has 0 saturated heterocycles. The minimum absolute atomic E-state index is 0.308. The highest BCUT2D eigenvalue weighted by Crippen LogP contribution is 2.40. The van der Waals surface area contributed by atoms with Crippen molar-refractivity contribution < 1.29 is 14.3 Å². The zero-order valence-corrected chi connectivity index (χ0v) is 16.4. The first-order valence-electron chi connectivity index (χ1n) is 8.99. The third-order valence-electron chi connectivity index (χ3n) is 4.80. The number of allylic oxidation sites excluding steroid dienone is 2. The largest absolute Gasteiger partial charge is 0.477 e. The lowest BCUT2D eigenvalue weighted by molar-refractivity contribution is 0.0999. The van der Waals surface area contributed by atoms with Crippen molar-refractivity contribution in [2.75, 3.05) is 13.7 Å². The maximum absolute atomic E-state index is 12.4. The molecule has 0 saturated carbocycles. The van der Waals surface area contributed by atoms with Crippen LogP contribution in [0, 0.1) is 25.2 Å². The first kappa shape index (κ1) is 19.5. The standard InChI is InChI=1S/C21H22N4O3/c1-5-28-21-18-17(14-7-6-13(9-22)8-15(14)27-4)16(20(23)26)12(3)25-19(18)11(2)10-24-21/h6-7,10,15H,5,8H2,1-4H3,(H2,23,26). The summed E-state index contributed by atoms with van der Waals surface area (Å²) in [5, 5.41) is 9.88. The van der Waals surface area contributed by atoms with Gasteiger partial charge >= 0.3 is 0 Å². The Hall–Kier alpha value is -3.24. The van der Waals surface area contributed by atoms with Crippen LogP contribution in [0.1, 0.15) is 40.5 Å². The van der Waals surface area contributed by atoms with Crippen LogP contribution < -0.4 is 10.5 Å². The summed E-state index contributed by atoms with van der Waals surface area (Å²) in [7, 11) is 1.58. The number of amides is 1. The summed E-state index contributed by atoms with van der Waals surface area (Å²) < 4.78 is 11.4. The number of carbonyl (C=O) groups is 1. The smallest absolute Gasteiger partial charge is 0.251 e. The van der Waals surface area contributed by atoms with Gasteiger partial charge in [0.05, 0.1) is 40.9 Å². The number of nitrogens with zero attached hydrogens (tertiary/aromatic N) is 3. The molecule has 1 amide bonds. The number of nitrogens with two attached hydrogens (primary N) is 1. The van der Waals surface area contributed by atoms with E-state index in [9.17, 15) is 10.1 Å². The zero-order chi connectivity index (χ0) is 20.4. The van der Waals surface area contributed by atoms with E-state index in [0.717, 1.165) is 11.1 Å². The minimum atomic E-state index is -0.586. The molecule has 0 fully saturated rings. The monoisotopic (exact) mass is 378 g/mol. The summed E-state index contributed by atoms with van der Waals surface area (Å²) in [6, 6.07) is 2.16. The Labute approximate surface area is 163 Å². The normalized spacial score (nSPS) is 16.3. The van der Waals surface area contributed by atoms with Gasteiger partial charge in [0.1, 0.15) is 0 Å². The van der Waals surface area contributed by atoms with Gasteiger partial charge in [0.15, 0.2) is 0 Å². The number of hydrogen-bond donors (Lipinski definition) is 1. The first-order chi connectivity index (χ1) is 13.4. The average Bonchev–Trinajstić information content (AvgIpc) is 2.68. The van der Waals surface area contributed by atoms with Gasteiger partial charge in [0, 0.05) is 30.9 Å². The van der Waals surface area contributed by atoms with Gasteiger partial charge in [-0.1, -0.05) is 6.08 Å². The van der Waals surface area contributed by atoms with E-state index in [1.54, 1.807) is 32.4 Å². The molecule has 7 nitrogen and oxygen atoms in total. The number of carbonyl (C=O) groups excluding carboxylic acids is 1. The van der Waals surface area contributed by atoms with E-state index in [1.807, 2.05) is 13.8 Å². The lowest BCUT2D eigenvalue weighted by atomic mass is 9.85. The van der Waals surface area contributed by atoms with Crippen molar-refractivity contribution in [1.82, 2.24) is 9.97 Å². The summed E-state index contributed by atoms with van der Waals surface area (Å²) in [5.41, 5.74) is 10.1. The molecule has 0 spiro atoms. The number of primary amides is 1. The van der Waals surface area contributed by atoms with Gasteiger partial charge in [-0.15, -0.1) is 0 Å². The fraction of sp³-hybridized carbons (Fsp3) is 0.333. The van der Waals surface area contributed by atoms with Gasteiger partial charge in [-0.05, 0) is 38.0 Å². The SMILES string of the molecule is CCOc1ncc(C)c2nc(C)c(C(N)=O)c(C3=CC=C(C#N)CC3OC)c12. The van der Waals surface area contributed by atoms with E-state index in [0.29, 0.717) is 52.2 Å². The van der Waals surface area contributed by atoms with Crippen LogP contribution in [0.5, 0.6) is 5.88 Å². The summed E-state index contributed by atoms with van der Waals surface area (Å²) in [6.07, 6.45) is 5.24. The number of pyridine rings is 2. The van der Waals surface area contributed by atoms with Crippen LogP contribution in [0.4, 0.5) is 0 Å². The summed E-state index contributed by atoms with van der Waals surface area (Å²) >= 11 is 0. The van der Waals surface area contributed by atoms with Crippen molar-refractivity contribution >= 4 is 22.4 Å². The van der Waals surface area contributed by atoms with Crippen molar-refractivity contribution in [3.05, 3.63) is 46.3 Å². The molecule has 2 aromatic rings. The Morgan fingerprint density at radius 2 is 2.14 bits per heavy atom. The van der Waals surface area contributed by atoms with Gasteiger partial charge in [0.2, 0.25) is 5.88 Å². The second-order valence-corrected chi connectivity index (χ2v) is 6.57. The molecule has 28 heavy (non-hydrogen) atoms. The highest BCUT2D eigenvalue weighted by molar-refractivity contribution is 6.08. The molecule has 144 valence electrons. The van der Waals surface area contributed by atoms with E-state index in [1.165, 1.54) is 0 Å². The Kier molecular flexibility index (Phi) is 5.43. The summed E-state index contributed by atoms with van der Waals surface area (Å²) in [5.74, 6) is -0.199. The van der Waals surface area contributed by atoms with Crippen LogP contribution in [0.2, 0.25) is 0 Å². The zero-order valence-electron chi connectivity index (χ0n) is 16.4. The summed E-state index contributed by atoms with van der Waals surface area (Å²) in [6.45, 7) is 5.94. The molecule has 1 unspecified atom stereocenters. The van der Waals surface area contributed by atoms with Crippen LogP contribution in [-0.4, -0.2) is 35.7 Å². The van der Waals surface area contributed by atoms with Crippen LogP contribution in [0.15, 0.2) is 23.9 Å². The first-order valence-corrected chi connectivity index (χ1v) is 8.99. The van der Waals surface area contributed by atoms with Crippen LogP contribution >= 0.6 is 0 Å². The van der Waals surface area contributed by atoms with Crippen LogP contribution in [0.3, 0.4) is 0 Å². The van der Waals surface area contributed by atoms with Gasteiger partial charge in [-0.2, -0.15) is 5.26 Å². The Morgan fingerprint density at radius 1 is 1.39 bits per heavy atom. The number of ether oxygens (including phenoxy) is 2. The number of hydrogen-bond acceptors (Lipinski definition) is 6. The molecule has 1 atom stereocenters. The quantitative estimate of drug-likeness (QED) is 0.856. The van der Waals surface area contributed by atoms with E-state index >= 15 is 0 Å². The van der Waals surface area contributed by atoms with Crippen LogP contribution in [-0.2, 0) is 4.74 Å². The van der Waals surface area contributed by atoms with Gasteiger partial charge in [0.25, 0.3) is 5.91 Å². The van der Waals surface area contributed by atoms with Gasteiger partial charge in [-0.3, -0.25) is 9.78 Å². The molecule has 3 rings (SSSR count). The lowest BCUT2D eigenvalue weighted by Crippen LogP contribution is -2.22. The molecule has 1 aliphatic rings. The van der Waals surface area contributed by atoms with E-state index in [-0.39, 0.29) is 0 Å². The molecule has 0 aromatic carbocycles. The minimum Gasteiger partial charge on any atom is -0.477 e. The molecular formula is C21H22N4O3. The second-order valence-electron chi connectivity index (χ2n) is 6.57. The molecular weight excluding hydrogens is 356 g/mol. The fourth-order valence-electron chi connectivity index (χ4n) is 3.53. The topological polar surface area (TPSA) is 111 Å². The number of fused-ring (bicyclic) bond motifs is 1. The fourth-order valence-corrected chi connectivity index (χ4v) is 3.53. The highest BCUT2D eigenvalue weighted by atomic mass is 16.5. The van der Waals surface area contributed by atoms with Crippen molar-refractivity contribution in [1.29, 1.82) is 5.26 Å². The summed E-state index contributed by atoms with van der Waals surface area (Å²) in [4.78, 5) is 21.4. The molecule has 2 N–H and O–H groups in total. The molecule has 2 aromatic heterocycles. The molecule has 1 aliphatic carbocycles. The number of nitriles is 1. The van der Waals surface area contributed by atoms with Crippen LogP contribution in [0.25, 0.3) is 16.5 Å². The predicted molar refractivity (Wildman–Crippen MR) is 106 cm³/mol. The Morgan fingerprint density at radius 3 is 2.75 bits per heavy atom. The number of aryl methyl sites for hydroxylation is 2. The highest BCUT2D eigenvalue weighted by Gasteiger charge is 2.29. The molecule has 0 radical (unpaired) electrons. The Bertz CT molecular complexity index is 1060. The third kappa shape index (κ3) is 3.23. The van der Waals surface area contributed by atoms with Crippen molar-refractivity contribution in [2.45, 2.75) is 33.3 Å². The maximum Gasteiger partial charge on any atom is 0.251 e. The van der Waals surface area contributed by atoms with Crippen molar-refractivity contribution in [2.24, 2.45) is 5.73 Å². The molecule has 2 heterocycles. The number of methoxy groups -OCH3 is 1. The van der Waals surface area contributed by atoms with Gasteiger partial charge in [-0.25, -0.2) is 4.98 Å². The average molecular weight is 378 g/mol. The van der Waals surface area contributed by atoms with E-state index < -0.39 is 12.0 Å². The number of aromatic nitrogens is 2. The van der Waals surface area contributed by atoms with Crippen molar-refractivity contribution in [3.63, 3.8) is 0 Å². The number of rotatable bonds is 5. The van der Waals surface area contributed by atoms with E-state index in [4.69, 9.17) is 15.2 Å². The maximum atomic E-state index is 12.4. The predicted octanol–water partition coefficient (Wildman–Crippen LogP) is 3.00. The lowest BCUT2D eigenvalue weighted by Gasteiger charge is -2.25. The van der Waals surface area contributed by atoms with Crippen molar-refractivity contribution in [3.8, 4) is 11.9 Å². The van der Waals surface area contributed by atoms with E-state index in [2.05, 4.69) is 16.0 Å². The third-order valence-corrected chi connectivity index (χ3v) is 4.80. The van der Waals surface area contributed by atoms with Gasteiger partial charge < -0.3 is 15.2 Å². The molecule has 7 heteroatoms.